The van der Waals surface area contributed by atoms with Crippen molar-refractivity contribution in [3.8, 4) is 11.5 Å². The van der Waals surface area contributed by atoms with Gasteiger partial charge >= 0.3 is 0 Å². The van der Waals surface area contributed by atoms with E-state index >= 15 is 0 Å². The predicted molar refractivity (Wildman–Crippen MR) is 97.3 cm³/mol. The molecule has 3 rings (SSSR count). The van der Waals surface area contributed by atoms with Gasteiger partial charge in [-0.05, 0) is 31.4 Å². The van der Waals surface area contributed by atoms with Gasteiger partial charge in [-0.15, -0.1) is 0 Å². The second-order valence-electron chi connectivity index (χ2n) is 6.99. The lowest BCUT2D eigenvalue weighted by molar-refractivity contribution is -0.136. The summed E-state index contributed by atoms with van der Waals surface area (Å²) in [5.74, 6) is 1.33. The summed E-state index contributed by atoms with van der Waals surface area (Å²) < 4.78 is 10.5. The first-order chi connectivity index (χ1) is 12.5. The maximum Gasteiger partial charge on any atom is 0.254 e. The molecule has 7 nitrogen and oxygen atoms in total. The summed E-state index contributed by atoms with van der Waals surface area (Å²) in [6.07, 6.45) is 2.58. The van der Waals surface area contributed by atoms with Crippen LogP contribution in [0.3, 0.4) is 0 Å². The number of carbonyl (C=O) groups is 2. The molecule has 2 unspecified atom stereocenters. The predicted octanol–water partition coefficient (Wildman–Crippen LogP) is 1.12. The topological polar surface area (TPSA) is 85.1 Å². The first kappa shape index (κ1) is 18.5. The molecular weight excluding hydrogens is 334 g/mol. The molecule has 1 heterocycles. The van der Waals surface area contributed by atoms with E-state index in [9.17, 15) is 9.59 Å². The lowest BCUT2D eigenvalue weighted by Gasteiger charge is -2.36. The molecule has 1 aliphatic carbocycles. The van der Waals surface area contributed by atoms with Crippen molar-refractivity contribution >= 4 is 11.8 Å². The van der Waals surface area contributed by atoms with Crippen LogP contribution in [0.2, 0.25) is 0 Å². The van der Waals surface area contributed by atoms with Gasteiger partial charge in [0.05, 0.1) is 14.2 Å². The quantitative estimate of drug-likeness (QED) is 0.869. The molecule has 26 heavy (non-hydrogen) atoms. The molecule has 142 valence electrons. The zero-order valence-corrected chi connectivity index (χ0v) is 15.4. The van der Waals surface area contributed by atoms with E-state index < -0.39 is 0 Å². The van der Waals surface area contributed by atoms with E-state index in [1.807, 2.05) is 4.90 Å². The van der Waals surface area contributed by atoms with Crippen molar-refractivity contribution in [3.63, 3.8) is 0 Å². The fraction of sp³-hybridized carbons (Fsp3) is 0.579. The van der Waals surface area contributed by atoms with Crippen LogP contribution in [0.5, 0.6) is 11.5 Å². The largest absolute Gasteiger partial charge is 0.497 e. The zero-order valence-electron chi connectivity index (χ0n) is 15.4. The third kappa shape index (κ3) is 3.93. The van der Waals surface area contributed by atoms with Crippen molar-refractivity contribution in [2.45, 2.75) is 25.3 Å². The van der Waals surface area contributed by atoms with Gasteiger partial charge in [0.2, 0.25) is 5.91 Å². The lowest BCUT2D eigenvalue weighted by Crippen LogP contribution is -2.51. The van der Waals surface area contributed by atoms with Crippen LogP contribution >= 0.6 is 0 Å². The molecule has 1 aromatic rings. The van der Waals surface area contributed by atoms with Crippen LogP contribution in [0, 0.1) is 5.92 Å². The monoisotopic (exact) mass is 361 g/mol. The second kappa shape index (κ2) is 7.95. The van der Waals surface area contributed by atoms with Crippen LogP contribution in [-0.2, 0) is 4.79 Å². The highest BCUT2D eigenvalue weighted by Gasteiger charge is 2.33. The van der Waals surface area contributed by atoms with Crippen molar-refractivity contribution in [1.29, 1.82) is 0 Å². The van der Waals surface area contributed by atoms with Crippen molar-refractivity contribution in [3.05, 3.63) is 23.8 Å². The van der Waals surface area contributed by atoms with Crippen LogP contribution in [0.1, 0.15) is 29.6 Å². The fourth-order valence-electron chi connectivity index (χ4n) is 3.74. The number of hydrogen-bond acceptors (Lipinski definition) is 5. The van der Waals surface area contributed by atoms with Crippen molar-refractivity contribution in [2.75, 3.05) is 40.4 Å². The lowest BCUT2D eigenvalue weighted by atomic mass is 10.1. The minimum Gasteiger partial charge on any atom is -0.497 e. The highest BCUT2D eigenvalue weighted by molar-refractivity contribution is 5.95. The summed E-state index contributed by atoms with van der Waals surface area (Å²) in [4.78, 5) is 29.0. The molecule has 1 aromatic carbocycles. The minimum absolute atomic E-state index is 0.0508. The first-order valence-electron chi connectivity index (χ1n) is 9.08. The summed E-state index contributed by atoms with van der Waals surface area (Å²) in [5, 5.41) is 0. The van der Waals surface area contributed by atoms with E-state index in [0.29, 0.717) is 43.2 Å². The first-order valence-corrected chi connectivity index (χ1v) is 9.08. The maximum atomic E-state index is 12.8. The number of rotatable bonds is 4. The van der Waals surface area contributed by atoms with Gasteiger partial charge in [-0.2, -0.15) is 0 Å². The van der Waals surface area contributed by atoms with E-state index in [2.05, 4.69) is 0 Å². The highest BCUT2D eigenvalue weighted by atomic mass is 16.5. The van der Waals surface area contributed by atoms with E-state index in [-0.39, 0.29) is 23.8 Å². The summed E-state index contributed by atoms with van der Waals surface area (Å²) in [5.41, 5.74) is 6.45. The molecule has 0 radical (unpaired) electrons. The van der Waals surface area contributed by atoms with Gasteiger partial charge < -0.3 is 25.0 Å². The molecule has 1 saturated carbocycles. The minimum atomic E-state index is -0.0720. The number of benzene rings is 1. The number of nitrogens with two attached hydrogens (primary N) is 1. The Kier molecular flexibility index (Phi) is 5.66. The van der Waals surface area contributed by atoms with Gasteiger partial charge in [-0.3, -0.25) is 9.59 Å². The van der Waals surface area contributed by atoms with Crippen LogP contribution in [0.25, 0.3) is 0 Å². The molecule has 7 heteroatoms. The second-order valence-corrected chi connectivity index (χ2v) is 6.99. The molecule has 2 aliphatic rings. The number of methoxy groups -OCH3 is 2. The molecule has 0 aromatic heterocycles. The van der Waals surface area contributed by atoms with E-state index in [0.717, 1.165) is 19.3 Å². The Balaban J connectivity index is 1.61. The van der Waals surface area contributed by atoms with Crippen molar-refractivity contribution in [2.24, 2.45) is 11.7 Å². The fourth-order valence-corrected chi connectivity index (χ4v) is 3.74. The summed E-state index contributed by atoms with van der Waals surface area (Å²) in [6.45, 7) is 2.20. The SMILES string of the molecule is COc1cc(OC)cc(C(=O)N2CCN(C(=O)C3CCC(N)C3)CC2)c1. The average molecular weight is 361 g/mol. The third-order valence-corrected chi connectivity index (χ3v) is 5.30. The number of nitrogens with zero attached hydrogens (tertiary/aromatic N) is 2. The summed E-state index contributed by atoms with van der Waals surface area (Å²) in [7, 11) is 3.12. The van der Waals surface area contributed by atoms with Crippen LogP contribution < -0.4 is 15.2 Å². The molecule has 2 N–H and O–H groups in total. The van der Waals surface area contributed by atoms with Gasteiger partial charge in [-0.1, -0.05) is 0 Å². The maximum absolute atomic E-state index is 12.8. The van der Waals surface area contributed by atoms with Gasteiger partial charge in [0, 0.05) is 49.8 Å². The Hall–Kier alpha value is -2.28. The number of amides is 2. The van der Waals surface area contributed by atoms with Crippen LogP contribution in [0.15, 0.2) is 18.2 Å². The molecule has 2 atom stereocenters. The van der Waals surface area contributed by atoms with Gasteiger partial charge in [0.25, 0.3) is 5.91 Å². The molecule has 1 aliphatic heterocycles. The van der Waals surface area contributed by atoms with Crippen molar-refractivity contribution in [1.82, 2.24) is 9.80 Å². The Morgan fingerprint density at radius 3 is 2.04 bits per heavy atom. The van der Waals surface area contributed by atoms with Crippen LogP contribution in [-0.4, -0.2) is 68.1 Å². The number of ether oxygens (including phenoxy) is 2. The average Bonchev–Trinajstić information content (AvgIpc) is 3.12. The molecule has 0 bridgehead atoms. The zero-order chi connectivity index (χ0) is 18.7. The number of piperazine rings is 1. The number of hydrogen-bond donors (Lipinski definition) is 1. The molecular formula is C19H27N3O4. The standard InChI is InChI=1S/C19H27N3O4/c1-25-16-10-14(11-17(12-16)26-2)19(24)22-7-5-21(6-8-22)18(23)13-3-4-15(20)9-13/h10-13,15H,3-9,20H2,1-2H3. The van der Waals surface area contributed by atoms with Crippen molar-refractivity contribution < 1.29 is 19.1 Å². The molecule has 2 amide bonds. The van der Waals surface area contributed by atoms with E-state index in [1.54, 1.807) is 37.3 Å². The molecule has 2 fully saturated rings. The molecule has 0 spiro atoms. The Morgan fingerprint density at radius 2 is 1.54 bits per heavy atom. The Bertz CT molecular complexity index is 648. The van der Waals surface area contributed by atoms with E-state index in [1.165, 1.54) is 0 Å². The smallest absolute Gasteiger partial charge is 0.254 e. The van der Waals surface area contributed by atoms with Gasteiger partial charge in [-0.25, -0.2) is 0 Å². The van der Waals surface area contributed by atoms with Crippen LogP contribution in [0.4, 0.5) is 0 Å². The summed E-state index contributed by atoms with van der Waals surface area (Å²) >= 11 is 0. The van der Waals surface area contributed by atoms with E-state index in [4.69, 9.17) is 15.2 Å². The van der Waals surface area contributed by atoms with Gasteiger partial charge in [0.15, 0.2) is 0 Å². The normalized spacial score (nSPS) is 23.0. The Labute approximate surface area is 154 Å². The Morgan fingerprint density at radius 1 is 0.962 bits per heavy atom. The molecule has 1 saturated heterocycles. The number of carbonyl (C=O) groups excluding carboxylic acids is 2. The summed E-state index contributed by atoms with van der Waals surface area (Å²) in [6, 6.07) is 5.31. The highest BCUT2D eigenvalue weighted by Crippen LogP contribution is 2.27. The van der Waals surface area contributed by atoms with Gasteiger partial charge in [0.1, 0.15) is 11.5 Å². The third-order valence-electron chi connectivity index (χ3n) is 5.30.